The van der Waals surface area contributed by atoms with Crippen LogP contribution in [0.4, 0.5) is 0 Å². The lowest BCUT2D eigenvalue weighted by molar-refractivity contribution is -0.641. The highest BCUT2D eigenvalue weighted by molar-refractivity contribution is 6.08. The van der Waals surface area contributed by atoms with Crippen molar-refractivity contribution in [1.82, 2.24) is 0 Å². The maximum Gasteiger partial charge on any atom is 0.305 e. The highest BCUT2D eigenvalue weighted by atomic mass is 16.2. The minimum atomic E-state index is -0.210. The van der Waals surface area contributed by atoms with E-state index < -0.39 is 0 Å². The van der Waals surface area contributed by atoms with Crippen molar-refractivity contribution >= 4 is 11.7 Å². The second kappa shape index (κ2) is 6.66. The van der Waals surface area contributed by atoms with Gasteiger partial charge in [-0.05, 0) is 12.1 Å². The smallest absolute Gasteiger partial charge is 0.289 e. The van der Waals surface area contributed by atoms with Gasteiger partial charge in [-0.25, -0.2) is 0 Å². The molecule has 1 heterocycles. The van der Waals surface area contributed by atoms with Crippen LogP contribution in [0.2, 0.25) is 0 Å². The molecule has 0 aliphatic heterocycles. The number of aromatic nitrogens is 1. The van der Waals surface area contributed by atoms with Gasteiger partial charge in [0.25, 0.3) is 0 Å². The molecule has 23 heavy (non-hydrogen) atoms. The van der Waals surface area contributed by atoms with Gasteiger partial charge in [0.2, 0.25) is 12.4 Å². The molecule has 4 heteroatoms. The molecular weight excluding hydrogens is 288 g/mol. The highest BCUT2D eigenvalue weighted by Gasteiger charge is 2.13. The van der Waals surface area contributed by atoms with Crippen LogP contribution >= 0.6 is 0 Å². The Kier molecular flexibility index (Phi) is 4.25. The maximum absolute atomic E-state index is 12.3. The molecule has 0 unspecified atom stereocenters. The number of hydrogen-bond donors (Lipinski definition) is 1. The number of hydrogen-bond acceptors (Lipinski definition) is 2. The van der Waals surface area contributed by atoms with E-state index in [-0.39, 0.29) is 11.7 Å². The third-order valence-corrected chi connectivity index (χ3v) is 3.39. The number of benzene rings is 2. The fourth-order valence-corrected chi connectivity index (χ4v) is 2.18. The zero-order valence-electron chi connectivity index (χ0n) is 12.3. The first kappa shape index (κ1) is 14.7. The Labute approximate surface area is 134 Å². The predicted octanol–water partition coefficient (Wildman–Crippen LogP) is 2.59. The Bertz CT molecular complexity index is 813. The van der Waals surface area contributed by atoms with E-state index in [2.05, 4.69) is 5.43 Å². The molecule has 1 N–H and O–H groups in total. The van der Waals surface area contributed by atoms with Crippen molar-refractivity contribution < 1.29 is 14.3 Å². The van der Waals surface area contributed by atoms with Crippen molar-refractivity contribution in [3.8, 4) is 0 Å². The molecule has 1 aromatic heterocycles. The molecule has 0 fully saturated rings. The van der Waals surface area contributed by atoms with Crippen molar-refractivity contribution in [3.05, 3.63) is 102 Å². The van der Waals surface area contributed by atoms with Gasteiger partial charge in [0, 0.05) is 28.8 Å². The molecule has 0 spiro atoms. The minimum absolute atomic E-state index is 0.0489. The second-order valence-electron chi connectivity index (χ2n) is 5.00. The summed E-state index contributed by atoms with van der Waals surface area (Å²) in [4.78, 5) is 24.4. The number of rotatable bonds is 4. The van der Waals surface area contributed by atoms with Gasteiger partial charge in [0.15, 0.2) is 5.78 Å². The van der Waals surface area contributed by atoms with Gasteiger partial charge in [-0.1, -0.05) is 53.2 Å². The van der Waals surface area contributed by atoms with E-state index in [1.165, 1.54) is 4.68 Å². The monoisotopic (exact) mass is 303 g/mol. The molecule has 0 radical (unpaired) electrons. The Morgan fingerprint density at radius 3 is 1.70 bits per heavy atom. The van der Waals surface area contributed by atoms with Crippen LogP contribution in [0.25, 0.3) is 0 Å². The third kappa shape index (κ3) is 3.49. The predicted molar refractivity (Wildman–Crippen MR) is 86.6 cm³/mol. The first-order valence-electron chi connectivity index (χ1n) is 7.21. The van der Waals surface area contributed by atoms with Crippen LogP contribution < -0.4 is 10.1 Å². The summed E-state index contributed by atoms with van der Waals surface area (Å²) < 4.78 is 1.52. The molecular formula is C19H15N2O2+. The van der Waals surface area contributed by atoms with Crippen LogP contribution in [0.15, 0.2) is 85.2 Å². The number of ketones is 1. The lowest BCUT2D eigenvalue weighted by Gasteiger charge is -2.02. The number of nitrogens with one attached hydrogen (secondary N) is 1. The van der Waals surface area contributed by atoms with Crippen molar-refractivity contribution in [3.63, 3.8) is 0 Å². The van der Waals surface area contributed by atoms with Gasteiger partial charge in [-0.15, -0.1) is 5.43 Å². The minimum Gasteiger partial charge on any atom is -0.289 e. The van der Waals surface area contributed by atoms with E-state index in [4.69, 9.17) is 0 Å². The second-order valence-corrected chi connectivity index (χ2v) is 5.00. The number of nitrogens with zero attached hydrogens (tertiary/aromatic N) is 1. The molecule has 2 aromatic carbocycles. The lowest BCUT2D eigenvalue weighted by atomic mass is 10.1. The summed E-state index contributed by atoms with van der Waals surface area (Å²) in [7, 11) is 0. The SMILES string of the molecule is O=C(N[n+]1ccc(C(=O)c2ccccc2)cc1)c1ccccc1. The van der Waals surface area contributed by atoms with E-state index >= 15 is 0 Å². The molecule has 0 aliphatic carbocycles. The first-order valence-corrected chi connectivity index (χ1v) is 7.21. The summed E-state index contributed by atoms with van der Waals surface area (Å²) in [6, 6.07) is 21.4. The van der Waals surface area contributed by atoms with Crippen LogP contribution in [0, 0.1) is 0 Å². The van der Waals surface area contributed by atoms with Crippen molar-refractivity contribution in [1.29, 1.82) is 0 Å². The van der Waals surface area contributed by atoms with Crippen molar-refractivity contribution in [2.45, 2.75) is 0 Å². The quantitative estimate of drug-likeness (QED) is 0.595. The van der Waals surface area contributed by atoms with Gasteiger partial charge in [0.05, 0.1) is 0 Å². The molecule has 3 aromatic rings. The normalized spacial score (nSPS) is 10.1. The van der Waals surface area contributed by atoms with Crippen molar-refractivity contribution in [2.24, 2.45) is 0 Å². The summed E-state index contributed by atoms with van der Waals surface area (Å²) >= 11 is 0. The molecule has 3 rings (SSSR count). The maximum atomic E-state index is 12.3. The van der Waals surface area contributed by atoms with Gasteiger partial charge in [0.1, 0.15) is 0 Å². The van der Waals surface area contributed by atoms with Gasteiger partial charge in [-0.2, -0.15) is 0 Å². The molecule has 0 aliphatic rings. The average Bonchev–Trinajstić information content (AvgIpc) is 2.63. The van der Waals surface area contributed by atoms with E-state index in [1.807, 2.05) is 24.3 Å². The highest BCUT2D eigenvalue weighted by Crippen LogP contribution is 2.07. The Morgan fingerprint density at radius 2 is 1.13 bits per heavy atom. The van der Waals surface area contributed by atoms with Crippen LogP contribution in [0.3, 0.4) is 0 Å². The van der Waals surface area contributed by atoms with Crippen LogP contribution in [0.1, 0.15) is 26.3 Å². The summed E-state index contributed by atoms with van der Waals surface area (Å²) in [6.07, 6.45) is 3.30. The Balaban J connectivity index is 1.73. The summed E-state index contributed by atoms with van der Waals surface area (Å²) in [5, 5.41) is 0. The zero-order chi connectivity index (χ0) is 16.1. The van der Waals surface area contributed by atoms with Crippen LogP contribution in [0.5, 0.6) is 0 Å². The first-order chi connectivity index (χ1) is 11.2. The van der Waals surface area contributed by atoms with Crippen molar-refractivity contribution in [2.75, 3.05) is 5.43 Å². The zero-order valence-corrected chi connectivity index (χ0v) is 12.3. The van der Waals surface area contributed by atoms with Crippen LogP contribution in [-0.4, -0.2) is 11.7 Å². The number of amides is 1. The fraction of sp³-hybridized carbons (Fsp3) is 0. The molecule has 0 saturated heterocycles. The largest absolute Gasteiger partial charge is 0.305 e. The van der Waals surface area contributed by atoms with Gasteiger partial charge in [-0.3, -0.25) is 9.59 Å². The van der Waals surface area contributed by atoms with E-state index in [9.17, 15) is 9.59 Å². The summed E-state index contributed by atoms with van der Waals surface area (Å²) in [5.74, 6) is -0.259. The molecule has 0 saturated carbocycles. The average molecular weight is 303 g/mol. The van der Waals surface area contributed by atoms with E-state index in [1.54, 1.807) is 60.9 Å². The Hall–Kier alpha value is -3.27. The number of carbonyl (C=O) groups is 2. The van der Waals surface area contributed by atoms with E-state index in [0.29, 0.717) is 16.7 Å². The van der Waals surface area contributed by atoms with Gasteiger partial charge < -0.3 is 0 Å². The lowest BCUT2D eigenvalue weighted by Crippen LogP contribution is -2.47. The van der Waals surface area contributed by atoms with Crippen LogP contribution in [-0.2, 0) is 0 Å². The summed E-state index contributed by atoms with van der Waals surface area (Å²) in [6.45, 7) is 0. The topological polar surface area (TPSA) is 50.1 Å². The number of pyridine rings is 1. The summed E-state index contributed by atoms with van der Waals surface area (Å²) in [5.41, 5.74) is 4.51. The van der Waals surface area contributed by atoms with Gasteiger partial charge >= 0.3 is 5.91 Å². The fourth-order valence-electron chi connectivity index (χ4n) is 2.18. The third-order valence-electron chi connectivity index (χ3n) is 3.39. The number of carbonyl (C=O) groups excluding carboxylic acids is 2. The molecule has 0 bridgehead atoms. The molecule has 1 amide bonds. The standard InChI is InChI=1S/C19H14N2O2/c22-18(15-7-3-1-4-8-15)16-11-13-21(14-12-16)20-19(23)17-9-5-2-6-10-17/h1-14H/p+1. The molecule has 4 nitrogen and oxygen atoms in total. The van der Waals surface area contributed by atoms with E-state index in [0.717, 1.165) is 0 Å². The molecule has 112 valence electrons. The Morgan fingerprint density at radius 1 is 0.652 bits per heavy atom. The molecule has 0 atom stereocenters.